The van der Waals surface area contributed by atoms with E-state index in [4.69, 9.17) is 5.11 Å². The van der Waals surface area contributed by atoms with Crippen LogP contribution in [0.1, 0.15) is 39.0 Å². The van der Waals surface area contributed by atoms with Crippen molar-refractivity contribution in [3.63, 3.8) is 0 Å². The molecule has 0 saturated carbocycles. The quantitative estimate of drug-likeness (QED) is 0.630. The molecule has 0 aliphatic carbocycles. The molecular formula is C12H22N2O3. The molecule has 1 saturated heterocycles. The molecule has 0 bridgehead atoms. The van der Waals surface area contributed by atoms with Gasteiger partial charge in [-0.15, -0.1) is 0 Å². The van der Waals surface area contributed by atoms with Crippen LogP contribution < -0.4 is 5.32 Å². The molecule has 0 radical (unpaired) electrons. The van der Waals surface area contributed by atoms with E-state index in [1.165, 1.54) is 0 Å². The van der Waals surface area contributed by atoms with Crippen LogP contribution in [-0.4, -0.2) is 47.6 Å². The van der Waals surface area contributed by atoms with Gasteiger partial charge in [-0.1, -0.05) is 13.3 Å². The van der Waals surface area contributed by atoms with Gasteiger partial charge in [-0.05, 0) is 19.3 Å². The lowest BCUT2D eigenvalue weighted by atomic mass is 10.1. The van der Waals surface area contributed by atoms with E-state index in [9.17, 15) is 9.59 Å². The minimum atomic E-state index is -0.494. The third-order valence-corrected chi connectivity index (χ3v) is 3.02. The van der Waals surface area contributed by atoms with Gasteiger partial charge in [-0.3, -0.25) is 9.59 Å². The smallest absolute Gasteiger partial charge is 0.242 e. The number of carbonyl (C=O) groups excluding carboxylic acids is 2. The van der Waals surface area contributed by atoms with E-state index in [0.29, 0.717) is 25.9 Å². The second-order valence-corrected chi connectivity index (χ2v) is 4.36. The number of nitrogens with one attached hydrogen (secondary N) is 1. The summed E-state index contributed by atoms with van der Waals surface area (Å²) in [5, 5.41) is 11.8. The fourth-order valence-corrected chi connectivity index (χ4v) is 2.06. The molecule has 17 heavy (non-hydrogen) atoms. The normalized spacial score (nSPS) is 17.3. The van der Waals surface area contributed by atoms with E-state index in [2.05, 4.69) is 12.2 Å². The molecule has 5 nitrogen and oxygen atoms in total. The molecule has 0 aromatic rings. The van der Waals surface area contributed by atoms with Crippen molar-refractivity contribution < 1.29 is 14.7 Å². The van der Waals surface area contributed by atoms with Gasteiger partial charge in [0.15, 0.2) is 0 Å². The second kappa shape index (κ2) is 7.27. The van der Waals surface area contributed by atoms with Gasteiger partial charge in [0.05, 0.1) is 0 Å². The van der Waals surface area contributed by atoms with Crippen LogP contribution in [0.5, 0.6) is 0 Å². The number of hydrogen-bond donors (Lipinski definition) is 2. The molecule has 1 unspecified atom stereocenters. The summed E-state index contributed by atoms with van der Waals surface area (Å²) in [6.07, 6.45) is 3.61. The molecule has 1 aliphatic rings. The van der Waals surface area contributed by atoms with Crippen LogP contribution in [0.2, 0.25) is 0 Å². The zero-order valence-electron chi connectivity index (χ0n) is 10.4. The van der Waals surface area contributed by atoms with Crippen LogP contribution in [0.15, 0.2) is 0 Å². The highest BCUT2D eigenvalue weighted by atomic mass is 16.3. The van der Waals surface area contributed by atoms with Crippen LogP contribution >= 0.6 is 0 Å². The number of nitrogens with zero attached hydrogens (tertiary/aromatic N) is 1. The Balaban J connectivity index is 2.51. The molecule has 1 aliphatic heterocycles. The number of likely N-dealkylation sites (tertiary alicyclic amines) is 1. The summed E-state index contributed by atoms with van der Waals surface area (Å²) in [5.41, 5.74) is 0. The third-order valence-electron chi connectivity index (χ3n) is 3.02. The Morgan fingerprint density at radius 2 is 2.35 bits per heavy atom. The molecule has 0 spiro atoms. The third kappa shape index (κ3) is 4.00. The first-order valence-electron chi connectivity index (χ1n) is 6.38. The van der Waals surface area contributed by atoms with Crippen molar-refractivity contribution in [2.24, 2.45) is 0 Å². The lowest BCUT2D eigenvalue weighted by Crippen LogP contribution is -2.48. The topological polar surface area (TPSA) is 69.6 Å². The molecule has 2 N–H and O–H groups in total. The van der Waals surface area contributed by atoms with Crippen LogP contribution in [0, 0.1) is 0 Å². The molecule has 1 heterocycles. The lowest BCUT2D eigenvalue weighted by Gasteiger charge is -2.26. The number of aliphatic hydroxyl groups is 1. The van der Waals surface area contributed by atoms with E-state index in [-0.39, 0.29) is 18.4 Å². The molecule has 0 aromatic carbocycles. The van der Waals surface area contributed by atoms with E-state index < -0.39 is 6.04 Å². The summed E-state index contributed by atoms with van der Waals surface area (Å²) in [4.78, 5) is 25.1. The Bertz CT molecular complexity index is 268. The Morgan fingerprint density at radius 3 is 2.88 bits per heavy atom. The van der Waals surface area contributed by atoms with Crippen molar-refractivity contribution in [3.05, 3.63) is 0 Å². The molecule has 98 valence electrons. The Kier molecular flexibility index (Phi) is 5.97. The number of unbranched alkanes of at least 4 members (excludes halogenated alkanes) is 1. The van der Waals surface area contributed by atoms with Crippen molar-refractivity contribution >= 4 is 11.8 Å². The first-order valence-corrected chi connectivity index (χ1v) is 6.38. The van der Waals surface area contributed by atoms with Gasteiger partial charge in [0.1, 0.15) is 6.04 Å². The fraction of sp³-hybridized carbons (Fsp3) is 0.833. The highest BCUT2D eigenvalue weighted by molar-refractivity contribution is 5.88. The van der Waals surface area contributed by atoms with Crippen LogP contribution in [0.4, 0.5) is 0 Å². The minimum absolute atomic E-state index is 0.0223. The predicted molar refractivity (Wildman–Crippen MR) is 64.4 cm³/mol. The average Bonchev–Trinajstić information content (AvgIpc) is 2.72. The van der Waals surface area contributed by atoms with Crippen molar-refractivity contribution in [1.82, 2.24) is 10.2 Å². The SMILES string of the molecule is CCCCNC(=O)C(CCO)N1CCCC1=O. The van der Waals surface area contributed by atoms with Crippen LogP contribution in [0.3, 0.4) is 0 Å². The van der Waals surface area contributed by atoms with Crippen LogP contribution in [-0.2, 0) is 9.59 Å². The van der Waals surface area contributed by atoms with E-state index in [1.807, 2.05) is 0 Å². The van der Waals surface area contributed by atoms with Gasteiger partial charge in [-0.25, -0.2) is 0 Å². The zero-order valence-corrected chi connectivity index (χ0v) is 10.4. The molecule has 1 rings (SSSR count). The number of amides is 2. The number of hydrogen-bond acceptors (Lipinski definition) is 3. The van der Waals surface area contributed by atoms with E-state index in [1.54, 1.807) is 4.90 Å². The summed E-state index contributed by atoms with van der Waals surface area (Å²) < 4.78 is 0. The minimum Gasteiger partial charge on any atom is -0.396 e. The van der Waals surface area contributed by atoms with Crippen molar-refractivity contribution in [3.8, 4) is 0 Å². The maximum atomic E-state index is 11.9. The summed E-state index contributed by atoms with van der Waals surface area (Å²) >= 11 is 0. The van der Waals surface area contributed by atoms with E-state index in [0.717, 1.165) is 19.3 Å². The highest BCUT2D eigenvalue weighted by Crippen LogP contribution is 2.15. The summed E-state index contributed by atoms with van der Waals surface area (Å²) in [7, 11) is 0. The van der Waals surface area contributed by atoms with Crippen molar-refractivity contribution in [1.29, 1.82) is 0 Å². The summed E-state index contributed by atoms with van der Waals surface area (Å²) in [5.74, 6) is -0.114. The molecular weight excluding hydrogens is 220 g/mol. The van der Waals surface area contributed by atoms with Gasteiger partial charge < -0.3 is 15.3 Å². The molecule has 5 heteroatoms. The number of aliphatic hydroxyl groups excluding tert-OH is 1. The van der Waals surface area contributed by atoms with E-state index >= 15 is 0 Å². The summed E-state index contributed by atoms with van der Waals surface area (Å²) in [6.45, 7) is 3.25. The Labute approximate surface area is 102 Å². The molecule has 2 amide bonds. The second-order valence-electron chi connectivity index (χ2n) is 4.36. The Morgan fingerprint density at radius 1 is 1.59 bits per heavy atom. The maximum Gasteiger partial charge on any atom is 0.242 e. The first kappa shape index (κ1) is 14.0. The zero-order chi connectivity index (χ0) is 12.7. The predicted octanol–water partition coefficient (Wildman–Crippen LogP) is 0.276. The van der Waals surface area contributed by atoms with Gasteiger partial charge in [0.25, 0.3) is 0 Å². The number of rotatable bonds is 7. The lowest BCUT2D eigenvalue weighted by molar-refractivity contribution is -0.138. The standard InChI is InChI=1S/C12H22N2O3/c1-2-3-7-13-12(17)10(6-9-15)14-8-4-5-11(14)16/h10,15H,2-9H2,1H3,(H,13,17). The largest absolute Gasteiger partial charge is 0.396 e. The monoisotopic (exact) mass is 242 g/mol. The fourth-order valence-electron chi connectivity index (χ4n) is 2.06. The first-order chi connectivity index (χ1) is 8.20. The van der Waals surface area contributed by atoms with Crippen molar-refractivity contribution in [2.45, 2.75) is 45.1 Å². The molecule has 1 atom stereocenters. The van der Waals surface area contributed by atoms with Gasteiger partial charge in [-0.2, -0.15) is 0 Å². The highest BCUT2D eigenvalue weighted by Gasteiger charge is 2.31. The average molecular weight is 242 g/mol. The van der Waals surface area contributed by atoms with Gasteiger partial charge in [0, 0.05) is 26.1 Å². The van der Waals surface area contributed by atoms with Crippen molar-refractivity contribution in [2.75, 3.05) is 19.7 Å². The van der Waals surface area contributed by atoms with Gasteiger partial charge in [0.2, 0.25) is 11.8 Å². The molecule has 0 aromatic heterocycles. The molecule has 1 fully saturated rings. The van der Waals surface area contributed by atoms with Crippen LogP contribution in [0.25, 0.3) is 0 Å². The summed E-state index contributed by atoms with van der Waals surface area (Å²) in [6, 6.07) is -0.494. The number of carbonyl (C=O) groups is 2. The Hall–Kier alpha value is -1.10. The maximum absolute atomic E-state index is 11.9. The van der Waals surface area contributed by atoms with Gasteiger partial charge >= 0.3 is 0 Å².